The van der Waals surface area contributed by atoms with Gasteiger partial charge >= 0.3 is 6.09 Å². The molecule has 2 aliphatic rings. The Labute approximate surface area is 140 Å². The molecule has 0 saturated carbocycles. The molecule has 3 rings (SSSR count). The van der Waals surface area contributed by atoms with E-state index in [1.165, 1.54) is 12.1 Å². The number of benzene rings is 1. The normalized spacial score (nSPS) is 21.7. The number of piperidine rings is 1. The minimum Gasteiger partial charge on any atom is -0.450 e. The van der Waals surface area contributed by atoms with E-state index < -0.39 is 0 Å². The van der Waals surface area contributed by atoms with E-state index in [4.69, 9.17) is 9.47 Å². The second-order valence-corrected chi connectivity index (χ2v) is 5.87. The van der Waals surface area contributed by atoms with E-state index in [2.05, 4.69) is 10.3 Å². The summed E-state index contributed by atoms with van der Waals surface area (Å²) in [5, 5.41) is 3.36. The van der Waals surface area contributed by atoms with E-state index in [1.807, 2.05) is 0 Å². The average Bonchev–Trinajstić information content (AvgIpc) is 3.05. The van der Waals surface area contributed by atoms with E-state index in [0.29, 0.717) is 26.3 Å². The maximum absolute atomic E-state index is 13.0. The van der Waals surface area contributed by atoms with E-state index in [-0.39, 0.29) is 24.3 Å². The highest BCUT2D eigenvalue weighted by molar-refractivity contribution is 6.02. The summed E-state index contributed by atoms with van der Waals surface area (Å²) in [4.78, 5) is 17.9. The van der Waals surface area contributed by atoms with Crippen LogP contribution in [0.5, 0.6) is 0 Å². The fraction of sp³-hybridized carbons (Fsp3) is 0.529. The lowest BCUT2D eigenvalue weighted by Crippen LogP contribution is -2.47. The van der Waals surface area contributed by atoms with Crippen LogP contribution in [0, 0.1) is 5.82 Å². The summed E-state index contributed by atoms with van der Waals surface area (Å²) in [6.07, 6.45) is 1.04. The summed E-state index contributed by atoms with van der Waals surface area (Å²) in [6.45, 7) is 3.94. The number of hydrogen-bond donors (Lipinski definition) is 1. The molecule has 1 amide bonds. The predicted molar refractivity (Wildman–Crippen MR) is 87.4 cm³/mol. The number of ether oxygens (including phenoxy) is 2. The lowest BCUT2D eigenvalue weighted by molar-refractivity contribution is 0.0551. The third kappa shape index (κ3) is 4.10. The Bertz CT molecular complexity index is 598. The summed E-state index contributed by atoms with van der Waals surface area (Å²) in [5.41, 5.74) is 1.69. The standard InChI is InChI=1S/C17H22FN3O3/c1-2-23-17(22)21-9-7-14(8-10-21)19-16-20-15(11-24-16)12-3-5-13(18)6-4-12/h3-6,14,16,19H,2,7-11H2,1H3. The van der Waals surface area contributed by atoms with Gasteiger partial charge in [0.25, 0.3) is 0 Å². The molecular formula is C17H22FN3O3. The van der Waals surface area contributed by atoms with Crippen molar-refractivity contribution in [2.24, 2.45) is 4.99 Å². The Morgan fingerprint density at radius 2 is 2.08 bits per heavy atom. The van der Waals surface area contributed by atoms with Crippen molar-refractivity contribution in [1.82, 2.24) is 10.2 Å². The van der Waals surface area contributed by atoms with Crippen molar-refractivity contribution in [1.29, 1.82) is 0 Å². The molecule has 0 spiro atoms. The summed E-state index contributed by atoms with van der Waals surface area (Å²) in [5.74, 6) is -0.263. The molecule has 24 heavy (non-hydrogen) atoms. The molecule has 1 unspecified atom stereocenters. The van der Waals surface area contributed by atoms with E-state index >= 15 is 0 Å². The summed E-state index contributed by atoms with van der Waals surface area (Å²) >= 11 is 0. The van der Waals surface area contributed by atoms with Gasteiger partial charge in [-0.15, -0.1) is 0 Å². The second-order valence-electron chi connectivity index (χ2n) is 5.87. The molecule has 7 heteroatoms. The number of carbonyl (C=O) groups excluding carboxylic acids is 1. The van der Waals surface area contributed by atoms with Crippen molar-refractivity contribution < 1.29 is 18.7 Å². The van der Waals surface area contributed by atoms with Crippen LogP contribution in [0.25, 0.3) is 0 Å². The summed E-state index contributed by atoms with van der Waals surface area (Å²) in [7, 11) is 0. The van der Waals surface area contributed by atoms with Crippen LogP contribution in [-0.4, -0.2) is 55.4 Å². The zero-order valence-electron chi connectivity index (χ0n) is 13.7. The quantitative estimate of drug-likeness (QED) is 0.916. The molecule has 2 aliphatic heterocycles. The number of carbonyl (C=O) groups is 1. The van der Waals surface area contributed by atoms with Crippen LogP contribution in [-0.2, 0) is 9.47 Å². The molecular weight excluding hydrogens is 313 g/mol. The van der Waals surface area contributed by atoms with Gasteiger partial charge in [-0.1, -0.05) is 12.1 Å². The van der Waals surface area contributed by atoms with E-state index in [0.717, 1.165) is 24.1 Å². The first-order chi connectivity index (χ1) is 11.7. The molecule has 1 saturated heterocycles. The van der Waals surface area contributed by atoms with Crippen molar-refractivity contribution in [3.05, 3.63) is 35.6 Å². The number of hydrogen-bond acceptors (Lipinski definition) is 5. The van der Waals surface area contributed by atoms with Gasteiger partial charge in [-0.3, -0.25) is 5.32 Å². The fourth-order valence-corrected chi connectivity index (χ4v) is 2.90. The van der Waals surface area contributed by atoms with Gasteiger partial charge < -0.3 is 14.4 Å². The number of aliphatic imine (C=N–C) groups is 1. The molecule has 2 heterocycles. The predicted octanol–water partition coefficient (Wildman–Crippen LogP) is 2.14. The number of nitrogens with zero attached hydrogens (tertiary/aromatic N) is 2. The van der Waals surface area contributed by atoms with Gasteiger partial charge in [0.1, 0.15) is 5.82 Å². The number of halogens is 1. The zero-order valence-corrected chi connectivity index (χ0v) is 13.7. The summed E-state index contributed by atoms with van der Waals surface area (Å²) in [6, 6.07) is 6.50. The van der Waals surface area contributed by atoms with Crippen LogP contribution < -0.4 is 5.32 Å². The SMILES string of the molecule is CCOC(=O)N1CCC(NC2N=C(c3ccc(F)cc3)CO2)CC1. The van der Waals surface area contributed by atoms with Crippen molar-refractivity contribution in [3.63, 3.8) is 0 Å². The molecule has 6 nitrogen and oxygen atoms in total. The summed E-state index contributed by atoms with van der Waals surface area (Å²) < 4.78 is 23.6. The Morgan fingerprint density at radius 3 is 2.75 bits per heavy atom. The third-order valence-corrected chi connectivity index (χ3v) is 4.23. The van der Waals surface area contributed by atoms with Gasteiger partial charge in [-0.25, -0.2) is 14.2 Å². The Balaban J connectivity index is 1.49. The van der Waals surface area contributed by atoms with Gasteiger partial charge in [-0.2, -0.15) is 0 Å². The zero-order chi connectivity index (χ0) is 16.9. The maximum atomic E-state index is 13.0. The Kier molecular flexibility index (Phi) is 5.42. The van der Waals surface area contributed by atoms with Crippen LogP contribution in [0.3, 0.4) is 0 Å². The van der Waals surface area contributed by atoms with Crippen molar-refractivity contribution >= 4 is 11.8 Å². The molecule has 1 aromatic carbocycles. The smallest absolute Gasteiger partial charge is 0.409 e. The minimum absolute atomic E-state index is 0.246. The van der Waals surface area contributed by atoms with Gasteiger partial charge in [-0.05, 0) is 37.5 Å². The first-order valence-corrected chi connectivity index (χ1v) is 8.27. The number of rotatable bonds is 4. The van der Waals surface area contributed by atoms with Crippen molar-refractivity contribution in [3.8, 4) is 0 Å². The maximum Gasteiger partial charge on any atom is 0.409 e. The molecule has 1 N–H and O–H groups in total. The van der Waals surface area contributed by atoms with Crippen LogP contribution in [0.15, 0.2) is 29.3 Å². The topological polar surface area (TPSA) is 63.2 Å². The van der Waals surface area contributed by atoms with Crippen LogP contribution in [0.4, 0.5) is 9.18 Å². The largest absolute Gasteiger partial charge is 0.450 e. The second kappa shape index (κ2) is 7.72. The van der Waals surface area contributed by atoms with Gasteiger partial charge in [0.05, 0.1) is 18.9 Å². The minimum atomic E-state index is -0.385. The number of nitrogens with one attached hydrogen (secondary N) is 1. The van der Waals surface area contributed by atoms with Crippen LogP contribution in [0.2, 0.25) is 0 Å². The molecule has 1 fully saturated rings. The van der Waals surface area contributed by atoms with Gasteiger partial charge in [0.15, 0.2) is 0 Å². The van der Waals surface area contributed by atoms with Gasteiger partial charge in [0, 0.05) is 19.1 Å². The number of amides is 1. The highest BCUT2D eigenvalue weighted by Gasteiger charge is 2.27. The highest BCUT2D eigenvalue weighted by Crippen LogP contribution is 2.16. The van der Waals surface area contributed by atoms with Crippen LogP contribution >= 0.6 is 0 Å². The van der Waals surface area contributed by atoms with Crippen molar-refractivity contribution in [2.75, 3.05) is 26.3 Å². The first kappa shape index (κ1) is 16.9. The molecule has 0 radical (unpaired) electrons. The van der Waals surface area contributed by atoms with Gasteiger partial charge in [0.2, 0.25) is 6.35 Å². The molecule has 0 aromatic heterocycles. The average molecular weight is 335 g/mol. The van der Waals surface area contributed by atoms with E-state index in [9.17, 15) is 9.18 Å². The molecule has 0 bridgehead atoms. The molecule has 0 aliphatic carbocycles. The van der Waals surface area contributed by atoms with Crippen molar-refractivity contribution in [2.45, 2.75) is 32.2 Å². The highest BCUT2D eigenvalue weighted by atomic mass is 19.1. The third-order valence-electron chi connectivity index (χ3n) is 4.23. The molecule has 1 aromatic rings. The monoisotopic (exact) mass is 335 g/mol. The lowest BCUT2D eigenvalue weighted by atomic mass is 10.1. The molecule has 1 atom stereocenters. The Hall–Kier alpha value is -1.99. The number of likely N-dealkylation sites (tertiary alicyclic amines) is 1. The lowest BCUT2D eigenvalue weighted by Gasteiger charge is -2.32. The van der Waals surface area contributed by atoms with E-state index in [1.54, 1.807) is 24.0 Å². The first-order valence-electron chi connectivity index (χ1n) is 8.27. The Morgan fingerprint density at radius 1 is 1.38 bits per heavy atom. The molecule has 130 valence electrons. The van der Waals surface area contributed by atoms with Crippen LogP contribution in [0.1, 0.15) is 25.3 Å². The fourth-order valence-electron chi connectivity index (χ4n) is 2.90.